The summed E-state index contributed by atoms with van der Waals surface area (Å²) in [7, 11) is 0. The minimum Gasteiger partial charge on any atom is -0.406 e. The van der Waals surface area contributed by atoms with Gasteiger partial charge >= 0.3 is 6.36 Å². The van der Waals surface area contributed by atoms with Crippen molar-refractivity contribution in [2.45, 2.75) is 20.2 Å². The Hall–Kier alpha value is -2.57. The van der Waals surface area contributed by atoms with Crippen molar-refractivity contribution < 1.29 is 17.9 Å². The molecule has 0 bridgehead atoms. The fraction of sp³-hybridized carbons (Fsp3) is 0.200. The molecule has 0 spiro atoms. The van der Waals surface area contributed by atoms with E-state index in [1.165, 1.54) is 12.1 Å². The van der Waals surface area contributed by atoms with E-state index in [4.69, 9.17) is 0 Å². The second-order valence-corrected chi connectivity index (χ2v) is 4.98. The van der Waals surface area contributed by atoms with Gasteiger partial charge in [-0.05, 0) is 54.8 Å². The number of fused-ring (bicyclic) bond motifs is 1. The van der Waals surface area contributed by atoms with Crippen LogP contribution in [0.25, 0.3) is 16.6 Å². The predicted octanol–water partition coefficient (Wildman–Crippen LogP) is 3.91. The summed E-state index contributed by atoms with van der Waals surface area (Å²) < 4.78 is 42.4. The molecule has 3 aromatic rings. The van der Waals surface area contributed by atoms with E-state index in [2.05, 4.69) is 15.0 Å². The molecule has 4 nitrogen and oxygen atoms in total. The van der Waals surface area contributed by atoms with Crippen LogP contribution in [0.15, 0.2) is 36.5 Å². The average Bonchev–Trinajstić information content (AvgIpc) is 2.85. The van der Waals surface area contributed by atoms with Gasteiger partial charge in [-0.3, -0.25) is 0 Å². The monoisotopic (exact) mass is 307 g/mol. The van der Waals surface area contributed by atoms with Crippen molar-refractivity contribution in [3.63, 3.8) is 0 Å². The maximum atomic E-state index is 12.2. The van der Waals surface area contributed by atoms with Crippen LogP contribution >= 0.6 is 0 Å². The van der Waals surface area contributed by atoms with E-state index >= 15 is 0 Å². The van der Waals surface area contributed by atoms with Crippen molar-refractivity contribution in [3.8, 4) is 16.9 Å². The Kier molecular flexibility index (Phi) is 3.27. The molecular formula is C15H12F3N3O. The third kappa shape index (κ3) is 2.74. The first-order valence-corrected chi connectivity index (χ1v) is 6.51. The quantitative estimate of drug-likeness (QED) is 0.720. The summed E-state index contributed by atoms with van der Waals surface area (Å²) in [5.41, 5.74) is 4.13. The standard InChI is InChI=1S/C15H12F3N3O/c1-9-5-13(22-15(16,17)18)3-4-14(9)11-6-10(2)21-12(7-11)8-19-20-21/h3-8H,1-2H3. The van der Waals surface area contributed by atoms with E-state index < -0.39 is 6.36 Å². The van der Waals surface area contributed by atoms with E-state index in [1.54, 1.807) is 23.7 Å². The van der Waals surface area contributed by atoms with Gasteiger partial charge in [-0.1, -0.05) is 11.3 Å². The minimum absolute atomic E-state index is 0.224. The van der Waals surface area contributed by atoms with Gasteiger partial charge in [0.2, 0.25) is 0 Å². The normalized spacial score (nSPS) is 11.9. The lowest BCUT2D eigenvalue weighted by Gasteiger charge is -2.12. The number of halogens is 3. The molecule has 0 N–H and O–H groups in total. The number of nitrogens with zero attached hydrogens (tertiary/aromatic N) is 3. The van der Waals surface area contributed by atoms with Crippen LogP contribution in [0.5, 0.6) is 5.75 Å². The van der Waals surface area contributed by atoms with Crippen LogP contribution in [-0.2, 0) is 0 Å². The van der Waals surface area contributed by atoms with Gasteiger partial charge in [0.15, 0.2) is 0 Å². The zero-order valence-corrected chi connectivity index (χ0v) is 11.8. The third-order valence-corrected chi connectivity index (χ3v) is 3.32. The highest BCUT2D eigenvalue weighted by Gasteiger charge is 2.31. The molecule has 0 fully saturated rings. The summed E-state index contributed by atoms with van der Waals surface area (Å²) in [6.07, 6.45) is -3.06. The summed E-state index contributed by atoms with van der Waals surface area (Å²) in [6, 6.07) is 8.10. The third-order valence-electron chi connectivity index (χ3n) is 3.32. The molecule has 0 aliphatic carbocycles. The van der Waals surface area contributed by atoms with Crippen molar-refractivity contribution in [1.82, 2.24) is 14.8 Å². The summed E-state index contributed by atoms with van der Waals surface area (Å²) >= 11 is 0. The number of aromatic nitrogens is 3. The number of alkyl halides is 3. The van der Waals surface area contributed by atoms with Gasteiger partial charge in [0.1, 0.15) is 5.75 Å². The predicted molar refractivity (Wildman–Crippen MR) is 74.6 cm³/mol. The molecule has 0 amide bonds. The van der Waals surface area contributed by atoms with E-state index in [-0.39, 0.29) is 5.75 Å². The highest BCUT2D eigenvalue weighted by atomic mass is 19.4. The molecular weight excluding hydrogens is 295 g/mol. The number of benzene rings is 1. The van der Waals surface area contributed by atoms with Crippen molar-refractivity contribution in [3.05, 3.63) is 47.8 Å². The fourth-order valence-corrected chi connectivity index (χ4v) is 2.42. The summed E-state index contributed by atoms with van der Waals surface area (Å²) in [5.74, 6) is -0.224. The van der Waals surface area contributed by atoms with Crippen molar-refractivity contribution in [1.29, 1.82) is 0 Å². The lowest BCUT2D eigenvalue weighted by atomic mass is 10.00. The SMILES string of the molecule is Cc1cc(OC(F)(F)F)ccc1-c1cc(C)n2nncc2c1. The number of rotatable bonds is 2. The molecule has 7 heteroatoms. The molecule has 0 radical (unpaired) electrons. The Bertz CT molecular complexity index is 840. The number of hydrogen-bond donors (Lipinski definition) is 0. The smallest absolute Gasteiger partial charge is 0.406 e. The van der Waals surface area contributed by atoms with Gasteiger partial charge in [-0.25, -0.2) is 4.52 Å². The minimum atomic E-state index is -4.69. The second kappa shape index (κ2) is 5.01. The Morgan fingerprint density at radius 1 is 1.09 bits per heavy atom. The number of hydrogen-bond acceptors (Lipinski definition) is 3. The van der Waals surface area contributed by atoms with Crippen molar-refractivity contribution in [2.24, 2.45) is 0 Å². The van der Waals surface area contributed by atoms with E-state index in [0.29, 0.717) is 5.56 Å². The van der Waals surface area contributed by atoms with Gasteiger partial charge < -0.3 is 4.74 Å². The highest BCUT2D eigenvalue weighted by molar-refractivity contribution is 5.72. The fourth-order valence-electron chi connectivity index (χ4n) is 2.42. The lowest BCUT2D eigenvalue weighted by Crippen LogP contribution is -2.17. The molecule has 3 rings (SSSR count). The Labute approximate surface area is 124 Å². The van der Waals surface area contributed by atoms with Gasteiger partial charge in [0, 0.05) is 5.69 Å². The van der Waals surface area contributed by atoms with E-state index in [0.717, 1.165) is 22.3 Å². The number of pyridine rings is 1. The molecule has 0 aliphatic rings. The zero-order chi connectivity index (χ0) is 15.9. The molecule has 0 saturated heterocycles. The number of aryl methyl sites for hydroxylation is 2. The van der Waals surface area contributed by atoms with Crippen LogP contribution < -0.4 is 4.74 Å². The van der Waals surface area contributed by atoms with Crippen LogP contribution in [0.4, 0.5) is 13.2 Å². The molecule has 0 saturated carbocycles. The first-order valence-electron chi connectivity index (χ1n) is 6.51. The summed E-state index contributed by atoms with van der Waals surface area (Å²) in [5, 5.41) is 7.79. The maximum absolute atomic E-state index is 12.2. The van der Waals surface area contributed by atoms with Gasteiger partial charge in [-0.15, -0.1) is 18.3 Å². The van der Waals surface area contributed by atoms with Gasteiger partial charge in [-0.2, -0.15) is 0 Å². The van der Waals surface area contributed by atoms with E-state index in [9.17, 15) is 13.2 Å². The molecule has 1 aromatic carbocycles. The topological polar surface area (TPSA) is 39.4 Å². The highest BCUT2D eigenvalue weighted by Crippen LogP contribution is 2.30. The van der Waals surface area contributed by atoms with E-state index in [1.807, 2.05) is 19.1 Å². The van der Waals surface area contributed by atoms with Crippen molar-refractivity contribution in [2.75, 3.05) is 0 Å². The first-order chi connectivity index (χ1) is 10.3. The Morgan fingerprint density at radius 3 is 2.55 bits per heavy atom. The largest absolute Gasteiger partial charge is 0.573 e. The molecule has 0 unspecified atom stereocenters. The second-order valence-electron chi connectivity index (χ2n) is 4.98. The summed E-state index contributed by atoms with van der Waals surface area (Å²) in [6.45, 7) is 3.63. The molecule has 0 atom stereocenters. The maximum Gasteiger partial charge on any atom is 0.573 e. The van der Waals surface area contributed by atoms with Crippen LogP contribution in [0.1, 0.15) is 11.3 Å². The average molecular weight is 307 g/mol. The van der Waals surface area contributed by atoms with Crippen LogP contribution in [0.2, 0.25) is 0 Å². The van der Waals surface area contributed by atoms with Gasteiger partial charge in [0.25, 0.3) is 0 Å². The molecule has 2 aromatic heterocycles. The lowest BCUT2D eigenvalue weighted by molar-refractivity contribution is -0.274. The molecule has 0 aliphatic heterocycles. The zero-order valence-electron chi connectivity index (χ0n) is 11.8. The van der Waals surface area contributed by atoms with Gasteiger partial charge in [0.05, 0.1) is 11.7 Å². The Morgan fingerprint density at radius 2 is 1.86 bits per heavy atom. The Balaban J connectivity index is 2.03. The van der Waals surface area contributed by atoms with Crippen LogP contribution in [0, 0.1) is 13.8 Å². The molecule has 114 valence electrons. The van der Waals surface area contributed by atoms with Crippen LogP contribution in [0.3, 0.4) is 0 Å². The van der Waals surface area contributed by atoms with Crippen molar-refractivity contribution >= 4 is 5.52 Å². The number of ether oxygens (including phenoxy) is 1. The first kappa shape index (κ1) is 14.4. The van der Waals surface area contributed by atoms with Crippen LogP contribution in [-0.4, -0.2) is 21.2 Å². The molecule has 2 heterocycles. The molecule has 22 heavy (non-hydrogen) atoms. The summed E-state index contributed by atoms with van der Waals surface area (Å²) in [4.78, 5) is 0.